The van der Waals surface area contributed by atoms with Crippen LogP contribution in [0.2, 0.25) is 0 Å². The predicted octanol–water partition coefficient (Wildman–Crippen LogP) is 6.20. The molecule has 3 saturated heterocycles. The molecule has 3 aliphatic heterocycles. The van der Waals surface area contributed by atoms with E-state index in [1.807, 2.05) is 24.8 Å². The summed E-state index contributed by atoms with van der Waals surface area (Å²) in [4.78, 5) is 28.0. The van der Waals surface area contributed by atoms with E-state index in [-0.39, 0.29) is 62.3 Å². The number of aromatic nitrogens is 2. The first-order valence-electron chi connectivity index (χ1n) is 16.2. The number of carbonyl (C=O) groups is 1. The maximum absolute atomic E-state index is 16.9. The van der Waals surface area contributed by atoms with E-state index < -0.39 is 23.3 Å². The molecule has 0 unspecified atom stereocenters. The minimum atomic E-state index is -0.945. The number of alkyl halides is 1. The van der Waals surface area contributed by atoms with Gasteiger partial charge in [0.15, 0.2) is 5.82 Å². The smallest absolute Gasteiger partial charge is 0.319 e. The molecule has 2 aromatic carbocycles. The average Bonchev–Trinajstić information content (AvgIpc) is 3.82. The number of halogens is 3. The van der Waals surface area contributed by atoms with Gasteiger partial charge >= 0.3 is 6.01 Å². The molecule has 0 bridgehead atoms. The summed E-state index contributed by atoms with van der Waals surface area (Å²) in [5, 5.41) is 10.7. The largest absolute Gasteiger partial charge is 0.461 e. The SMILES string of the molecule is C=CC(=O)N1CC[C@H](N(CC)c2nc(OC[C@@]34CCCN3C[C@H](F)C4)nc3c(F)c(-c4ccc(F)c5sc(N)c(C#N)c45)ccc23)[C@@H]1C. The van der Waals surface area contributed by atoms with Crippen molar-refractivity contribution in [3.05, 3.63) is 54.1 Å². The molecule has 250 valence electrons. The summed E-state index contributed by atoms with van der Waals surface area (Å²) >= 11 is 0.944. The maximum Gasteiger partial charge on any atom is 0.319 e. The van der Waals surface area contributed by atoms with Crippen molar-refractivity contribution in [1.29, 1.82) is 5.26 Å². The van der Waals surface area contributed by atoms with Crippen LogP contribution in [0, 0.1) is 23.0 Å². The number of hydrogen-bond acceptors (Lipinski definition) is 9. The Labute approximate surface area is 280 Å². The van der Waals surface area contributed by atoms with Gasteiger partial charge in [-0.2, -0.15) is 15.2 Å². The monoisotopic (exact) mass is 675 g/mol. The molecule has 13 heteroatoms. The first-order chi connectivity index (χ1) is 23.1. The number of fused-ring (bicyclic) bond motifs is 3. The van der Waals surface area contributed by atoms with Gasteiger partial charge < -0.3 is 20.3 Å². The number of likely N-dealkylation sites (N-methyl/N-ethyl adjacent to an activating group) is 1. The summed E-state index contributed by atoms with van der Waals surface area (Å²) in [6.45, 7) is 9.93. The number of amides is 1. The van der Waals surface area contributed by atoms with Crippen LogP contribution in [0.15, 0.2) is 36.9 Å². The van der Waals surface area contributed by atoms with E-state index in [4.69, 9.17) is 15.5 Å². The van der Waals surface area contributed by atoms with E-state index >= 15 is 4.39 Å². The van der Waals surface area contributed by atoms with E-state index in [9.17, 15) is 18.8 Å². The lowest BCUT2D eigenvalue weighted by molar-refractivity contribution is -0.126. The Morgan fingerprint density at radius 3 is 2.81 bits per heavy atom. The molecule has 2 aromatic heterocycles. The molecule has 2 N–H and O–H groups in total. The van der Waals surface area contributed by atoms with Gasteiger partial charge in [-0.05, 0) is 63.4 Å². The third kappa shape index (κ3) is 5.04. The zero-order chi connectivity index (χ0) is 33.9. The van der Waals surface area contributed by atoms with E-state index in [2.05, 4.69) is 16.5 Å². The highest BCUT2D eigenvalue weighted by Gasteiger charge is 2.49. The van der Waals surface area contributed by atoms with Gasteiger partial charge in [0, 0.05) is 48.4 Å². The van der Waals surface area contributed by atoms with Crippen LogP contribution in [0.5, 0.6) is 6.01 Å². The number of rotatable bonds is 8. The van der Waals surface area contributed by atoms with Crippen LogP contribution >= 0.6 is 11.3 Å². The van der Waals surface area contributed by atoms with Gasteiger partial charge in [0.1, 0.15) is 41.0 Å². The fourth-order valence-electron chi connectivity index (χ4n) is 8.10. The molecule has 0 spiro atoms. The molecule has 3 fully saturated rings. The van der Waals surface area contributed by atoms with Gasteiger partial charge in [-0.25, -0.2) is 13.2 Å². The molecule has 1 amide bonds. The highest BCUT2D eigenvalue weighted by Crippen LogP contribution is 2.44. The number of carbonyl (C=O) groups excluding carboxylic acids is 1. The zero-order valence-corrected chi connectivity index (χ0v) is 27.6. The standard InChI is InChI=1S/C35H36F3N7O2S/c1-4-27(46)45-14-11-26(19(45)3)44(5-2)33-23-8-7-22(21-9-10-25(37)31-28(21)24(16-39)32(40)48-31)29(38)30(23)41-34(42-33)47-18-35-12-6-13-43(35)17-20(36)15-35/h4,7-10,19-20,26H,1,5-6,11-15,17-18,40H2,2-3H3/t19-,20+,26-,35-/m0/s1. The number of nitrogens with zero attached hydrogens (tertiary/aromatic N) is 6. The van der Waals surface area contributed by atoms with E-state index in [0.29, 0.717) is 49.2 Å². The summed E-state index contributed by atoms with van der Waals surface area (Å²) in [6, 6.07) is 7.68. The van der Waals surface area contributed by atoms with Crippen molar-refractivity contribution in [3.8, 4) is 23.2 Å². The van der Waals surface area contributed by atoms with Crippen LogP contribution in [0.4, 0.5) is 24.0 Å². The Hall–Kier alpha value is -4.41. The number of nitrogens with two attached hydrogens (primary N) is 1. The number of likely N-dealkylation sites (tertiary alicyclic amines) is 1. The van der Waals surface area contributed by atoms with E-state index in [1.165, 1.54) is 18.2 Å². The second kappa shape index (κ2) is 12.2. The number of anilines is 2. The van der Waals surface area contributed by atoms with Gasteiger partial charge in [-0.1, -0.05) is 18.7 Å². The van der Waals surface area contributed by atoms with Crippen LogP contribution in [0.1, 0.15) is 45.1 Å². The molecule has 7 rings (SSSR count). The minimum Gasteiger partial charge on any atom is -0.461 e. The van der Waals surface area contributed by atoms with Crippen LogP contribution in [-0.2, 0) is 4.79 Å². The Bertz CT molecular complexity index is 2000. The van der Waals surface area contributed by atoms with Crippen molar-refractivity contribution in [2.75, 3.05) is 43.4 Å². The Balaban J connectivity index is 1.37. The fourth-order valence-corrected chi connectivity index (χ4v) is 9.05. The number of thiophene rings is 1. The van der Waals surface area contributed by atoms with Crippen molar-refractivity contribution >= 4 is 49.1 Å². The van der Waals surface area contributed by atoms with Crippen molar-refractivity contribution in [2.24, 2.45) is 0 Å². The highest BCUT2D eigenvalue weighted by atomic mass is 32.1. The lowest BCUT2D eigenvalue weighted by atomic mass is 9.95. The molecule has 4 atom stereocenters. The van der Waals surface area contributed by atoms with Crippen LogP contribution in [0.3, 0.4) is 0 Å². The molecular formula is C35H36F3N7O2S. The summed E-state index contributed by atoms with van der Waals surface area (Å²) in [5.74, 6) is -0.950. The van der Waals surface area contributed by atoms with E-state index in [1.54, 1.807) is 17.0 Å². The molecule has 4 aromatic rings. The van der Waals surface area contributed by atoms with Crippen LogP contribution in [0.25, 0.3) is 32.1 Å². The number of benzene rings is 2. The van der Waals surface area contributed by atoms with Gasteiger partial charge in [-0.15, -0.1) is 11.3 Å². The highest BCUT2D eigenvalue weighted by molar-refractivity contribution is 7.23. The zero-order valence-electron chi connectivity index (χ0n) is 26.8. The van der Waals surface area contributed by atoms with Gasteiger partial charge in [0.2, 0.25) is 5.91 Å². The summed E-state index contributed by atoms with van der Waals surface area (Å²) in [6.07, 6.45) is 3.10. The fraction of sp³-hybridized carbons (Fsp3) is 0.429. The minimum absolute atomic E-state index is 0.00891. The Morgan fingerprint density at radius 1 is 1.27 bits per heavy atom. The topological polar surface area (TPSA) is 112 Å². The average molecular weight is 676 g/mol. The van der Waals surface area contributed by atoms with Crippen molar-refractivity contribution in [3.63, 3.8) is 0 Å². The second-order valence-electron chi connectivity index (χ2n) is 12.9. The third-order valence-corrected chi connectivity index (χ3v) is 11.4. The molecule has 3 aliphatic rings. The molecule has 5 heterocycles. The lowest BCUT2D eigenvalue weighted by Gasteiger charge is -2.34. The molecule has 0 saturated carbocycles. The Morgan fingerprint density at radius 2 is 2.06 bits per heavy atom. The third-order valence-electron chi connectivity index (χ3n) is 10.4. The second-order valence-corrected chi connectivity index (χ2v) is 13.9. The molecule has 0 aliphatic carbocycles. The molecular weight excluding hydrogens is 639 g/mol. The predicted molar refractivity (Wildman–Crippen MR) is 181 cm³/mol. The molecule has 0 radical (unpaired) electrons. The van der Waals surface area contributed by atoms with Gasteiger partial charge in [0.05, 0.1) is 21.8 Å². The summed E-state index contributed by atoms with van der Waals surface area (Å²) in [5.41, 5.74) is 6.11. The van der Waals surface area contributed by atoms with Crippen LogP contribution < -0.4 is 15.4 Å². The molecule has 9 nitrogen and oxygen atoms in total. The molecule has 48 heavy (non-hydrogen) atoms. The maximum atomic E-state index is 16.9. The number of hydrogen-bond donors (Lipinski definition) is 1. The number of nitrogen functional groups attached to an aromatic ring is 1. The van der Waals surface area contributed by atoms with Crippen molar-refractivity contribution in [2.45, 2.75) is 63.3 Å². The lowest BCUT2D eigenvalue weighted by Crippen LogP contribution is -2.45. The summed E-state index contributed by atoms with van der Waals surface area (Å²) in [7, 11) is 0. The summed E-state index contributed by atoms with van der Waals surface area (Å²) < 4.78 is 52.8. The first-order valence-corrected chi connectivity index (χ1v) is 17.0. The van der Waals surface area contributed by atoms with Crippen LogP contribution in [-0.4, -0.2) is 82.3 Å². The van der Waals surface area contributed by atoms with Gasteiger partial charge in [0.25, 0.3) is 0 Å². The first kappa shape index (κ1) is 32.2. The van der Waals surface area contributed by atoms with Crippen molar-refractivity contribution in [1.82, 2.24) is 19.8 Å². The number of ether oxygens (including phenoxy) is 1. The Kier molecular flexibility index (Phi) is 8.20. The number of nitriles is 1. The van der Waals surface area contributed by atoms with Gasteiger partial charge in [-0.3, -0.25) is 9.69 Å². The van der Waals surface area contributed by atoms with Crippen molar-refractivity contribution < 1.29 is 22.7 Å². The normalized spacial score (nSPS) is 23.9. The quantitative estimate of drug-likeness (QED) is 0.220. The van der Waals surface area contributed by atoms with E-state index in [0.717, 1.165) is 30.7 Å².